The van der Waals surface area contributed by atoms with Crippen molar-refractivity contribution in [1.82, 2.24) is 9.62 Å². The van der Waals surface area contributed by atoms with Crippen molar-refractivity contribution >= 4 is 27.7 Å². The van der Waals surface area contributed by atoms with Gasteiger partial charge in [0, 0.05) is 12.6 Å². The Morgan fingerprint density at radius 2 is 1.59 bits per heavy atom. The monoisotopic (exact) mass is 417 g/mol. The fourth-order valence-corrected chi connectivity index (χ4v) is 4.03. The van der Waals surface area contributed by atoms with Crippen LogP contribution < -0.4 is 11.1 Å². The van der Waals surface area contributed by atoms with Gasteiger partial charge in [0.15, 0.2) is 11.5 Å². The summed E-state index contributed by atoms with van der Waals surface area (Å²) in [7, 11) is 0.965. The molecule has 1 heterocycles. The Bertz CT molecular complexity index is 1060. The molecular formula is C20H23N3O5S. The Balaban J connectivity index is 0.000000941. The molecule has 0 aromatic heterocycles. The topological polar surface area (TPSA) is 119 Å². The van der Waals surface area contributed by atoms with Gasteiger partial charge in [-0.15, -0.1) is 0 Å². The van der Waals surface area contributed by atoms with E-state index in [2.05, 4.69) is 5.32 Å². The molecule has 1 aliphatic heterocycles. The van der Waals surface area contributed by atoms with Gasteiger partial charge in [-0.3, -0.25) is 9.10 Å². The molecule has 154 valence electrons. The molecule has 3 rings (SSSR count). The Morgan fingerprint density at radius 3 is 2.14 bits per heavy atom. The molecule has 2 aromatic carbocycles. The lowest BCUT2D eigenvalue weighted by molar-refractivity contribution is -0.115. The maximum Gasteiger partial charge on any atom is 0.343 e. The normalized spacial score (nSPS) is 14.4. The predicted molar refractivity (Wildman–Crippen MR) is 109 cm³/mol. The van der Waals surface area contributed by atoms with E-state index in [1.807, 2.05) is 21.0 Å². The van der Waals surface area contributed by atoms with Crippen LogP contribution in [0.1, 0.15) is 21.5 Å². The van der Waals surface area contributed by atoms with Crippen LogP contribution in [-0.2, 0) is 19.6 Å². The number of carbonyl (C=O) groups excluding carboxylic acids is 2. The van der Waals surface area contributed by atoms with Crippen molar-refractivity contribution in [2.75, 3.05) is 21.1 Å². The Morgan fingerprint density at radius 1 is 1.03 bits per heavy atom. The summed E-state index contributed by atoms with van der Waals surface area (Å²) in [5, 5.41) is 2.75. The quantitative estimate of drug-likeness (QED) is 0.730. The first-order valence-corrected chi connectivity index (χ1v) is 10.1. The molecule has 29 heavy (non-hydrogen) atoms. The van der Waals surface area contributed by atoms with E-state index in [-0.39, 0.29) is 21.8 Å². The third kappa shape index (κ3) is 4.47. The third-order valence-corrected chi connectivity index (χ3v) is 5.83. The summed E-state index contributed by atoms with van der Waals surface area (Å²) in [5.74, 6) is -1.92. The highest BCUT2D eigenvalue weighted by Crippen LogP contribution is 2.36. The van der Waals surface area contributed by atoms with E-state index in [1.165, 1.54) is 19.2 Å². The minimum Gasteiger partial charge on any atom is -0.420 e. The van der Waals surface area contributed by atoms with E-state index in [0.29, 0.717) is 0 Å². The maximum atomic E-state index is 12.6. The van der Waals surface area contributed by atoms with E-state index < -0.39 is 27.6 Å². The Kier molecular flexibility index (Phi) is 6.78. The third-order valence-electron chi connectivity index (χ3n) is 4.02. The smallest absolute Gasteiger partial charge is 0.343 e. The summed E-state index contributed by atoms with van der Waals surface area (Å²) >= 11 is 0. The van der Waals surface area contributed by atoms with Gasteiger partial charge in [-0.1, -0.05) is 29.8 Å². The second kappa shape index (κ2) is 8.89. The standard InChI is InChI=1S/C18H16N2O5S.C2H7N/c1-11-7-9-12(10-8-11)18(22)25-16-13-5-3-4-6-14(13)26(23,24)20(2)15(16)17(19)21;1-3-2/h3-10H,1-2H3,(H2,19,21);3H,1-2H3. The van der Waals surface area contributed by atoms with E-state index in [1.54, 1.807) is 36.4 Å². The van der Waals surface area contributed by atoms with Crippen molar-refractivity contribution in [3.05, 3.63) is 70.9 Å². The van der Waals surface area contributed by atoms with Gasteiger partial charge in [-0.2, -0.15) is 0 Å². The number of benzene rings is 2. The molecule has 0 fully saturated rings. The van der Waals surface area contributed by atoms with Crippen LogP contribution in [0.2, 0.25) is 0 Å². The van der Waals surface area contributed by atoms with Crippen LogP contribution in [0, 0.1) is 6.92 Å². The van der Waals surface area contributed by atoms with Crippen LogP contribution in [0.25, 0.3) is 5.76 Å². The number of sulfonamides is 1. The molecular weight excluding hydrogens is 394 g/mol. The van der Waals surface area contributed by atoms with Gasteiger partial charge >= 0.3 is 5.97 Å². The molecule has 0 bridgehead atoms. The van der Waals surface area contributed by atoms with E-state index in [4.69, 9.17) is 10.5 Å². The number of aryl methyl sites for hydroxylation is 1. The lowest BCUT2D eigenvalue weighted by Gasteiger charge is -2.29. The second-order valence-corrected chi connectivity index (χ2v) is 8.20. The lowest BCUT2D eigenvalue weighted by atomic mass is 10.1. The number of rotatable bonds is 3. The van der Waals surface area contributed by atoms with Gasteiger partial charge in [-0.05, 0) is 45.3 Å². The maximum absolute atomic E-state index is 12.6. The SMILES string of the molecule is CNC.Cc1ccc(C(=O)OC2=C(C(N)=O)N(C)S(=O)(=O)c3ccccc32)cc1. The summed E-state index contributed by atoms with van der Waals surface area (Å²) in [6, 6.07) is 12.6. The zero-order valence-electron chi connectivity index (χ0n) is 16.6. The molecule has 0 saturated heterocycles. The minimum absolute atomic E-state index is 0.0702. The molecule has 9 heteroatoms. The number of amides is 1. The first-order chi connectivity index (χ1) is 13.6. The van der Waals surface area contributed by atoms with E-state index in [0.717, 1.165) is 9.87 Å². The number of esters is 1. The molecule has 8 nitrogen and oxygen atoms in total. The van der Waals surface area contributed by atoms with E-state index in [9.17, 15) is 18.0 Å². The first kappa shape index (κ1) is 22.1. The number of nitrogens with two attached hydrogens (primary N) is 1. The zero-order valence-corrected chi connectivity index (χ0v) is 17.4. The summed E-state index contributed by atoms with van der Waals surface area (Å²) in [4.78, 5) is 24.3. The molecule has 1 aliphatic rings. The number of ether oxygens (including phenoxy) is 1. The highest BCUT2D eigenvalue weighted by molar-refractivity contribution is 7.89. The van der Waals surface area contributed by atoms with Crippen molar-refractivity contribution in [3.63, 3.8) is 0 Å². The van der Waals surface area contributed by atoms with E-state index >= 15 is 0 Å². The summed E-state index contributed by atoms with van der Waals surface area (Å²) in [6.07, 6.45) is 0. The fourth-order valence-electron chi connectivity index (χ4n) is 2.63. The molecule has 1 amide bonds. The minimum atomic E-state index is -3.97. The number of nitrogens with zero attached hydrogens (tertiary/aromatic N) is 1. The highest BCUT2D eigenvalue weighted by atomic mass is 32.2. The Labute approximate surface area is 170 Å². The van der Waals surface area contributed by atoms with Gasteiger partial charge in [0.05, 0.1) is 10.5 Å². The molecule has 0 saturated carbocycles. The Hall–Kier alpha value is -3.17. The first-order valence-electron chi connectivity index (χ1n) is 8.64. The predicted octanol–water partition coefficient (Wildman–Crippen LogP) is 1.48. The van der Waals surface area contributed by atoms with Crippen LogP contribution >= 0.6 is 0 Å². The van der Waals surface area contributed by atoms with Crippen LogP contribution in [0.4, 0.5) is 0 Å². The van der Waals surface area contributed by atoms with Crippen molar-refractivity contribution < 1.29 is 22.7 Å². The average molecular weight is 417 g/mol. The number of likely N-dealkylation sites (N-methyl/N-ethyl adjacent to an activating group) is 1. The van der Waals surface area contributed by atoms with Gasteiger partial charge in [0.25, 0.3) is 15.9 Å². The van der Waals surface area contributed by atoms with Crippen LogP contribution in [-0.4, -0.2) is 45.7 Å². The molecule has 0 unspecified atom stereocenters. The summed E-state index contributed by atoms with van der Waals surface area (Å²) in [6.45, 7) is 1.88. The second-order valence-electron chi connectivity index (χ2n) is 6.27. The largest absolute Gasteiger partial charge is 0.420 e. The number of nitrogens with one attached hydrogen (secondary N) is 1. The molecule has 0 spiro atoms. The molecule has 0 radical (unpaired) electrons. The van der Waals surface area contributed by atoms with Gasteiger partial charge in [0.1, 0.15) is 0 Å². The molecule has 0 atom stereocenters. The fraction of sp³-hybridized carbons (Fsp3) is 0.200. The number of hydrogen-bond acceptors (Lipinski definition) is 6. The van der Waals surface area contributed by atoms with Crippen molar-refractivity contribution in [2.45, 2.75) is 11.8 Å². The van der Waals surface area contributed by atoms with Crippen LogP contribution in [0.5, 0.6) is 0 Å². The van der Waals surface area contributed by atoms with Gasteiger partial charge in [-0.25, -0.2) is 13.2 Å². The van der Waals surface area contributed by atoms with Gasteiger partial charge in [0.2, 0.25) is 0 Å². The zero-order chi connectivity index (χ0) is 21.8. The number of primary amides is 1. The van der Waals surface area contributed by atoms with Crippen molar-refractivity contribution in [3.8, 4) is 0 Å². The molecule has 0 aliphatic carbocycles. The van der Waals surface area contributed by atoms with Crippen LogP contribution in [0.15, 0.2) is 59.1 Å². The molecule has 2 aromatic rings. The highest BCUT2D eigenvalue weighted by Gasteiger charge is 2.38. The molecule has 3 N–H and O–H groups in total. The average Bonchev–Trinajstić information content (AvgIpc) is 2.67. The van der Waals surface area contributed by atoms with Gasteiger partial charge < -0.3 is 15.8 Å². The summed E-state index contributed by atoms with van der Waals surface area (Å²) < 4.78 is 31.3. The van der Waals surface area contributed by atoms with Crippen molar-refractivity contribution in [1.29, 1.82) is 0 Å². The summed E-state index contributed by atoms with van der Waals surface area (Å²) in [5.41, 5.74) is 6.31. The van der Waals surface area contributed by atoms with Crippen molar-refractivity contribution in [2.24, 2.45) is 5.73 Å². The number of fused-ring (bicyclic) bond motifs is 1. The van der Waals surface area contributed by atoms with Crippen LogP contribution in [0.3, 0.4) is 0 Å². The number of carbonyl (C=O) groups is 2. The lowest BCUT2D eigenvalue weighted by Crippen LogP contribution is -2.38. The number of hydrogen-bond donors (Lipinski definition) is 2.